The minimum atomic E-state index is -0.0150. The number of nitrogens with zero attached hydrogens (tertiary/aromatic N) is 2. The Labute approximate surface area is 108 Å². The van der Waals surface area contributed by atoms with Crippen molar-refractivity contribution in [3.8, 4) is 0 Å². The summed E-state index contributed by atoms with van der Waals surface area (Å²) in [6.07, 6.45) is 4.45. The fourth-order valence-electron chi connectivity index (χ4n) is 1.67. The fraction of sp³-hybridized carbons (Fsp3) is 0.538. The van der Waals surface area contributed by atoms with Gasteiger partial charge >= 0.3 is 0 Å². The molecule has 5 heteroatoms. The van der Waals surface area contributed by atoms with Crippen molar-refractivity contribution in [3.63, 3.8) is 0 Å². The maximum absolute atomic E-state index is 11.3. The summed E-state index contributed by atoms with van der Waals surface area (Å²) in [6, 6.07) is 4.71. The van der Waals surface area contributed by atoms with Crippen molar-refractivity contribution >= 4 is 11.7 Å². The van der Waals surface area contributed by atoms with Crippen LogP contribution in [0.4, 0.5) is 5.82 Å². The summed E-state index contributed by atoms with van der Waals surface area (Å²) in [5.41, 5.74) is 1.18. The molecule has 0 saturated heterocycles. The normalized spacial score (nSPS) is 14.3. The van der Waals surface area contributed by atoms with Crippen LogP contribution in [0.1, 0.15) is 18.4 Å². The van der Waals surface area contributed by atoms with Gasteiger partial charge in [0.25, 0.3) is 0 Å². The van der Waals surface area contributed by atoms with E-state index in [1.807, 2.05) is 24.2 Å². The van der Waals surface area contributed by atoms with E-state index in [0.717, 1.165) is 12.4 Å². The van der Waals surface area contributed by atoms with Crippen molar-refractivity contribution in [1.29, 1.82) is 0 Å². The second kappa shape index (κ2) is 5.82. The first-order chi connectivity index (χ1) is 8.69. The fourth-order valence-corrected chi connectivity index (χ4v) is 1.67. The SMILES string of the molecule is CNC(=O)CN(C)c1ccc(CNC2CC2)cn1. The van der Waals surface area contributed by atoms with Crippen molar-refractivity contribution in [2.75, 3.05) is 25.5 Å². The molecule has 0 radical (unpaired) electrons. The Morgan fingerprint density at radius 3 is 2.83 bits per heavy atom. The van der Waals surface area contributed by atoms with E-state index in [4.69, 9.17) is 0 Å². The van der Waals surface area contributed by atoms with E-state index in [2.05, 4.69) is 21.7 Å². The summed E-state index contributed by atoms with van der Waals surface area (Å²) in [7, 11) is 3.50. The predicted octanol–water partition coefficient (Wildman–Crippen LogP) is 0.516. The predicted molar refractivity (Wildman–Crippen MR) is 71.4 cm³/mol. The van der Waals surface area contributed by atoms with Gasteiger partial charge in [-0.1, -0.05) is 6.07 Å². The van der Waals surface area contributed by atoms with Gasteiger partial charge in [0.05, 0.1) is 6.54 Å². The van der Waals surface area contributed by atoms with E-state index < -0.39 is 0 Å². The Hall–Kier alpha value is -1.62. The molecular weight excluding hydrogens is 228 g/mol. The van der Waals surface area contributed by atoms with Gasteiger partial charge in [-0.15, -0.1) is 0 Å². The standard InChI is InChI=1S/C13H20N4O/c1-14-13(18)9-17(2)12-6-3-10(8-16-12)7-15-11-4-5-11/h3,6,8,11,15H,4-5,7,9H2,1-2H3,(H,14,18). The lowest BCUT2D eigenvalue weighted by molar-refractivity contribution is -0.119. The van der Waals surface area contributed by atoms with Gasteiger partial charge in [0.1, 0.15) is 5.82 Å². The molecule has 1 amide bonds. The van der Waals surface area contributed by atoms with Crippen molar-refractivity contribution < 1.29 is 4.79 Å². The molecule has 0 unspecified atom stereocenters. The number of rotatable bonds is 6. The maximum Gasteiger partial charge on any atom is 0.239 e. The quantitative estimate of drug-likeness (QED) is 0.770. The summed E-state index contributed by atoms with van der Waals surface area (Å²) >= 11 is 0. The topological polar surface area (TPSA) is 57.3 Å². The summed E-state index contributed by atoms with van der Waals surface area (Å²) in [5, 5.41) is 6.04. The zero-order valence-electron chi connectivity index (χ0n) is 10.9. The number of pyridine rings is 1. The minimum Gasteiger partial charge on any atom is -0.358 e. The largest absolute Gasteiger partial charge is 0.358 e. The van der Waals surface area contributed by atoms with Crippen LogP contribution in [0.25, 0.3) is 0 Å². The zero-order chi connectivity index (χ0) is 13.0. The van der Waals surface area contributed by atoms with Crippen LogP contribution in [0.15, 0.2) is 18.3 Å². The lowest BCUT2D eigenvalue weighted by Gasteiger charge is -2.17. The van der Waals surface area contributed by atoms with E-state index >= 15 is 0 Å². The third kappa shape index (κ3) is 3.70. The van der Waals surface area contributed by atoms with E-state index in [-0.39, 0.29) is 5.91 Å². The first kappa shape index (κ1) is 12.8. The monoisotopic (exact) mass is 248 g/mol. The van der Waals surface area contributed by atoms with E-state index in [1.165, 1.54) is 18.4 Å². The average molecular weight is 248 g/mol. The van der Waals surface area contributed by atoms with Crippen LogP contribution >= 0.6 is 0 Å². The van der Waals surface area contributed by atoms with Crippen molar-refractivity contribution in [2.45, 2.75) is 25.4 Å². The number of hydrogen-bond acceptors (Lipinski definition) is 4. The lowest BCUT2D eigenvalue weighted by atomic mass is 10.2. The molecular formula is C13H20N4O. The molecule has 18 heavy (non-hydrogen) atoms. The molecule has 5 nitrogen and oxygen atoms in total. The van der Waals surface area contributed by atoms with Crippen LogP contribution in [-0.2, 0) is 11.3 Å². The smallest absolute Gasteiger partial charge is 0.239 e. The highest BCUT2D eigenvalue weighted by molar-refractivity contribution is 5.80. The van der Waals surface area contributed by atoms with Crippen LogP contribution in [0, 0.1) is 0 Å². The number of aromatic nitrogens is 1. The summed E-state index contributed by atoms with van der Waals surface area (Å²) in [5.74, 6) is 0.799. The summed E-state index contributed by atoms with van der Waals surface area (Å²) in [4.78, 5) is 17.5. The zero-order valence-corrected chi connectivity index (χ0v) is 10.9. The van der Waals surface area contributed by atoms with Gasteiger partial charge in [-0.2, -0.15) is 0 Å². The number of likely N-dealkylation sites (N-methyl/N-ethyl adjacent to an activating group) is 2. The Balaban J connectivity index is 1.87. The van der Waals surface area contributed by atoms with Gasteiger partial charge in [-0.05, 0) is 24.5 Å². The highest BCUT2D eigenvalue weighted by Crippen LogP contribution is 2.19. The first-order valence-corrected chi connectivity index (χ1v) is 6.29. The number of amides is 1. The van der Waals surface area contributed by atoms with Crippen molar-refractivity contribution in [1.82, 2.24) is 15.6 Å². The number of anilines is 1. The van der Waals surface area contributed by atoms with E-state index in [1.54, 1.807) is 7.05 Å². The molecule has 1 aromatic heterocycles. The molecule has 1 aliphatic carbocycles. The van der Waals surface area contributed by atoms with Crippen LogP contribution in [0.3, 0.4) is 0 Å². The van der Waals surface area contributed by atoms with Crippen LogP contribution in [0.5, 0.6) is 0 Å². The first-order valence-electron chi connectivity index (χ1n) is 6.29. The minimum absolute atomic E-state index is 0.0150. The lowest BCUT2D eigenvalue weighted by Crippen LogP contribution is -2.33. The second-order valence-corrected chi connectivity index (χ2v) is 4.71. The highest BCUT2D eigenvalue weighted by Gasteiger charge is 2.19. The molecule has 1 fully saturated rings. The van der Waals surface area contributed by atoms with Gasteiger partial charge in [-0.25, -0.2) is 4.98 Å². The van der Waals surface area contributed by atoms with Gasteiger partial charge in [-0.3, -0.25) is 4.79 Å². The third-order valence-electron chi connectivity index (χ3n) is 3.03. The molecule has 0 aliphatic heterocycles. The summed E-state index contributed by atoms with van der Waals surface area (Å²) < 4.78 is 0. The summed E-state index contributed by atoms with van der Waals surface area (Å²) in [6.45, 7) is 1.19. The number of carbonyl (C=O) groups excluding carboxylic acids is 1. The molecule has 0 atom stereocenters. The number of nitrogens with one attached hydrogen (secondary N) is 2. The van der Waals surface area contributed by atoms with E-state index in [9.17, 15) is 4.79 Å². The van der Waals surface area contributed by atoms with Crippen molar-refractivity contribution in [2.24, 2.45) is 0 Å². The molecule has 2 rings (SSSR count). The van der Waals surface area contributed by atoms with Gasteiger partial charge in [0.2, 0.25) is 5.91 Å². The Kier molecular flexibility index (Phi) is 4.15. The highest BCUT2D eigenvalue weighted by atomic mass is 16.1. The van der Waals surface area contributed by atoms with Crippen molar-refractivity contribution in [3.05, 3.63) is 23.9 Å². The van der Waals surface area contributed by atoms with Crippen LogP contribution in [-0.4, -0.2) is 37.6 Å². The molecule has 2 N–H and O–H groups in total. The molecule has 0 bridgehead atoms. The molecule has 1 aromatic rings. The Morgan fingerprint density at radius 2 is 2.28 bits per heavy atom. The number of hydrogen-bond donors (Lipinski definition) is 2. The molecule has 0 aromatic carbocycles. The van der Waals surface area contributed by atoms with Gasteiger partial charge in [0.15, 0.2) is 0 Å². The third-order valence-corrected chi connectivity index (χ3v) is 3.03. The van der Waals surface area contributed by atoms with Gasteiger partial charge in [0, 0.05) is 32.9 Å². The molecule has 98 valence electrons. The number of carbonyl (C=O) groups is 1. The van der Waals surface area contributed by atoms with Gasteiger partial charge < -0.3 is 15.5 Å². The maximum atomic E-state index is 11.3. The van der Waals surface area contributed by atoms with E-state index in [0.29, 0.717) is 12.6 Å². The molecule has 1 heterocycles. The van der Waals surface area contributed by atoms with Crippen LogP contribution < -0.4 is 15.5 Å². The molecule has 0 spiro atoms. The van der Waals surface area contributed by atoms with Crippen LogP contribution in [0.2, 0.25) is 0 Å². The Bertz CT molecular complexity index is 400. The average Bonchev–Trinajstić information content (AvgIpc) is 3.20. The second-order valence-electron chi connectivity index (χ2n) is 4.71. The Morgan fingerprint density at radius 1 is 1.50 bits per heavy atom. The molecule has 1 saturated carbocycles. The molecule has 1 aliphatic rings.